The highest BCUT2D eigenvalue weighted by Crippen LogP contribution is 2.31. The maximum absolute atomic E-state index is 12.9. The lowest BCUT2D eigenvalue weighted by molar-refractivity contribution is -0.132. The molecule has 1 aliphatic rings. The minimum Gasteiger partial charge on any atom is -0.352 e. The van der Waals surface area contributed by atoms with E-state index in [1.54, 1.807) is 17.7 Å². The molecule has 3 aromatic rings. The second-order valence-corrected chi connectivity index (χ2v) is 8.04. The zero-order valence-electron chi connectivity index (χ0n) is 15.8. The number of piperazine rings is 1. The van der Waals surface area contributed by atoms with Crippen LogP contribution in [0.15, 0.2) is 42.7 Å². The van der Waals surface area contributed by atoms with Gasteiger partial charge in [-0.15, -0.1) is 11.3 Å². The van der Waals surface area contributed by atoms with Crippen LogP contribution < -0.4 is 4.90 Å². The number of nitrogens with zero attached hydrogens (tertiary/aromatic N) is 4. The number of benzene rings is 1. The van der Waals surface area contributed by atoms with E-state index in [0.717, 1.165) is 54.2 Å². The number of hydrogen-bond donors (Lipinski definition) is 0. The van der Waals surface area contributed by atoms with Crippen LogP contribution in [-0.4, -0.2) is 47.0 Å². The summed E-state index contributed by atoms with van der Waals surface area (Å²) in [5.74, 6) is 1.10. The Bertz CT molecular complexity index is 932. The van der Waals surface area contributed by atoms with Crippen LogP contribution in [0.1, 0.15) is 30.2 Å². The smallest absolute Gasteiger partial charge is 0.229 e. The number of aromatic nitrogens is 2. The molecule has 3 heterocycles. The van der Waals surface area contributed by atoms with Gasteiger partial charge in [-0.1, -0.05) is 37.3 Å². The van der Waals surface area contributed by atoms with Crippen LogP contribution in [0.3, 0.4) is 0 Å². The molecule has 0 aliphatic carbocycles. The second kappa shape index (κ2) is 7.64. The van der Waals surface area contributed by atoms with Gasteiger partial charge >= 0.3 is 0 Å². The molecule has 0 spiro atoms. The summed E-state index contributed by atoms with van der Waals surface area (Å²) in [6.45, 7) is 7.22. The molecular weight excluding hydrogens is 356 g/mol. The Morgan fingerprint density at radius 2 is 1.89 bits per heavy atom. The molecule has 1 amide bonds. The van der Waals surface area contributed by atoms with E-state index >= 15 is 0 Å². The van der Waals surface area contributed by atoms with Crippen LogP contribution >= 0.6 is 11.3 Å². The van der Waals surface area contributed by atoms with Gasteiger partial charge in [0.05, 0.1) is 11.3 Å². The Kier molecular flexibility index (Phi) is 5.07. The lowest BCUT2D eigenvalue weighted by Crippen LogP contribution is -2.50. The number of rotatable bonds is 4. The van der Waals surface area contributed by atoms with Crippen LogP contribution in [0.25, 0.3) is 10.2 Å². The first-order valence-corrected chi connectivity index (χ1v) is 10.3. The number of carbonyl (C=O) groups excluding carboxylic acids is 1. The summed E-state index contributed by atoms with van der Waals surface area (Å²) in [5, 5.41) is 1.14. The summed E-state index contributed by atoms with van der Waals surface area (Å²) < 4.78 is 0. The van der Waals surface area contributed by atoms with Gasteiger partial charge in [0, 0.05) is 31.1 Å². The van der Waals surface area contributed by atoms with E-state index in [2.05, 4.69) is 27.9 Å². The molecule has 0 radical (unpaired) electrons. The minimum absolute atomic E-state index is 0.104. The molecule has 1 aliphatic heterocycles. The van der Waals surface area contributed by atoms with Gasteiger partial charge in [0.2, 0.25) is 5.91 Å². The third-order valence-corrected chi connectivity index (χ3v) is 6.46. The van der Waals surface area contributed by atoms with E-state index in [9.17, 15) is 4.79 Å². The Balaban J connectivity index is 1.46. The zero-order valence-corrected chi connectivity index (χ0v) is 16.6. The number of thiophene rings is 1. The van der Waals surface area contributed by atoms with Gasteiger partial charge in [0.25, 0.3) is 0 Å². The number of anilines is 1. The second-order valence-electron chi connectivity index (χ2n) is 6.93. The highest BCUT2D eigenvalue weighted by molar-refractivity contribution is 7.18. The van der Waals surface area contributed by atoms with Crippen molar-refractivity contribution in [2.45, 2.75) is 26.2 Å². The van der Waals surface area contributed by atoms with Crippen LogP contribution in [0.5, 0.6) is 0 Å². The van der Waals surface area contributed by atoms with Gasteiger partial charge in [-0.2, -0.15) is 0 Å². The molecule has 5 nitrogen and oxygen atoms in total. The fourth-order valence-corrected chi connectivity index (χ4v) is 4.55. The van der Waals surface area contributed by atoms with Crippen molar-refractivity contribution >= 4 is 33.3 Å². The quantitative estimate of drug-likeness (QED) is 0.692. The van der Waals surface area contributed by atoms with Gasteiger partial charge in [0.15, 0.2) is 0 Å². The third-order valence-electron chi connectivity index (χ3n) is 5.27. The molecule has 4 rings (SSSR count). The van der Waals surface area contributed by atoms with Gasteiger partial charge < -0.3 is 9.80 Å². The fourth-order valence-electron chi connectivity index (χ4n) is 3.62. The molecule has 1 unspecified atom stereocenters. The van der Waals surface area contributed by atoms with Gasteiger partial charge in [-0.05, 0) is 25.0 Å². The first-order chi connectivity index (χ1) is 13.2. The highest BCUT2D eigenvalue weighted by atomic mass is 32.1. The molecule has 140 valence electrons. The Morgan fingerprint density at radius 3 is 2.59 bits per heavy atom. The Hall–Kier alpha value is -2.47. The third kappa shape index (κ3) is 3.54. The normalized spacial score (nSPS) is 15.9. The Morgan fingerprint density at radius 1 is 1.15 bits per heavy atom. The summed E-state index contributed by atoms with van der Waals surface area (Å²) in [6, 6.07) is 12.2. The fraction of sp³-hybridized carbons (Fsp3) is 0.381. The average Bonchev–Trinajstić information content (AvgIpc) is 3.17. The van der Waals surface area contributed by atoms with Crippen molar-refractivity contribution in [1.29, 1.82) is 0 Å². The molecule has 0 bridgehead atoms. The van der Waals surface area contributed by atoms with Crippen molar-refractivity contribution in [1.82, 2.24) is 14.9 Å². The van der Waals surface area contributed by atoms with Crippen molar-refractivity contribution in [2.24, 2.45) is 0 Å². The lowest BCUT2D eigenvalue weighted by Gasteiger charge is -2.36. The van der Waals surface area contributed by atoms with Gasteiger partial charge in [-0.25, -0.2) is 9.97 Å². The van der Waals surface area contributed by atoms with E-state index < -0.39 is 0 Å². The molecule has 2 aromatic heterocycles. The van der Waals surface area contributed by atoms with E-state index in [-0.39, 0.29) is 11.8 Å². The summed E-state index contributed by atoms with van der Waals surface area (Å²) in [5.41, 5.74) is 1.08. The first-order valence-electron chi connectivity index (χ1n) is 9.49. The standard InChI is InChI=1S/C21H24N4OS/c1-3-17-13-18-19(22-14-23-20(18)27-17)24-9-11-25(12-10-24)21(26)15(2)16-7-5-4-6-8-16/h4-8,13-15H,3,9-12H2,1-2H3. The minimum atomic E-state index is -0.104. The van der Waals surface area contributed by atoms with Crippen LogP contribution in [-0.2, 0) is 11.2 Å². The number of carbonyl (C=O) groups is 1. The largest absolute Gasteiger partial charge is 0.352 e. The predicted molar refractivity (Wildman–Crippen MR) is 110 cm³/mol. The molecule has 1 aromatic carbocycles. The SMILES string of the molecule is CCc1cc2c(N3CCN(C(=O)C(C)c4ccccc4)CC3)ncnc2s1. The number of amides is 1. The van der Waals surface area contributed by atoms with E-state index in [1.807, 2.05) is 42.2 Å². The number of hydrogen-bond acceptors (Lipinski definition) is 5. The van der Waals surface area contributed by atoms with Crippen LogP contribution in [0.4, 0.5) is 5.82 Å². The van der Waals surface area contributed by atoms with Crippen molar-refractivity contribution in [3.05, 3.63) is 53.2 Å². The molecule has 1 saturated heterocycles. The molecule has 0 N–H and O–H groups in total. The Labute approximate surface area is 163 Å². The van der Waals surface area contributed by atoms with Crippen LogP contribution in [0, 0.1) is 0 Å². The molecule has 0 saturated carbocycles. The van der Waals surface area contributed by atoms with E-state index in [0.29, 0.717) is 0 Å². The maximum Gasteiger partial charge on any atom is 0.229 e. The molecule has 6 heteroatoms. The van der Waals surface area contributed by atoms with Gasteiger partial charge in [-0.3, -0.25) is 4.79 Å². The van der Waals surface area contributed by atoms with Crippen molar-refractivity contribution in [3.8, 4) is 0 Å². The monoisotopic (exact) mass is 380 g/mol. The topological polar surface area (TPSA) is 49.3 Å². The molecule has 1 atom stereocenters. The molecular formula is C21H24N4OS. The number of aryl methyl sites for hydroxylation is 1. The van der Waals surface area contributed by atoms with Gasteiger partial charge in [0.1, 0.15) is 17.0 Å². The van der Waals surface area contributed by atoms with Crippen LogP contribution in [0.2, 0.25) is 0 Å². The zero-order chi connectivity index (χ0) is 18.8. The van der Waals surface area contributed by atoms with Crippen molar-refractivity contribution < 1.29 is 4.79 Å². The molecule has 27 heavy (non-hydrogen) atoms. The summed E-state index contributed by atoms with van der Waals surface area (Å²) >= 11 is 1.74. The maximum atomic E-state index is 12.9. The van der Waals surface area contributed by atoms with Crippen molar-refractivity contribution in [2.75, 3.05) is 31.1 Å². The van der Waals surface area contributed by atoms with Crippen molar-refractivity contribution in [3.63, 3.8) is 0 Å². The summed E-state index contributed by atoms with van der Waals surface area (Å²) in [7, 11) is 0. The van der Waals surface area contributed by atoms with E-state index in [1.165, 1.54) is 4.88 Å². The number of fused-ring (bicyclic) bond motifs is 1. The first kappa shape index (κ1) is 17.9. The highest BCUT2D eigenvalue weighted by Gasteiger charge is 2.27. The lowest BCUT2D eigenvalue weighted by atomic mass is 9.99. The van der Waals surface area contributed by atoms with E-state index in [4.69, 9.17) is 0 Å². The summed E-state index contributed by atoms with van der Waals surface area (Å²) in [4.78, 5) is 28.5. The summed E-state index contributed by atoms with van der Waals surface area (Å²) in [6.07, 6.45) is 2.67. The predicted octanol–water partition coefficient (Wildman–Crippen LogP) is 3.71. The molecule has 1 fully saturated rings. The average molecular weight is 381 g/mol.